The van der Waals surface area contributed by atoms with E-state index in [9.17, 15) is 18.8 Å². The summed E-state index contributed by atoms with van der Waals surface area (Å²) >= 11 is 6.42. The van der Waals surface area contributed by atoms with Crippen LogP contribution in [0.1, 0.15) is 46.0 Å². The number of aliphatic hydroxyl groups is 1. The molecular weight excluding hydrogens is 521 g/mol. The molecule has 3 aromatic rings. The van der Waals surface area contributed by atoms with Crippen molar-refractivity contribution in [2.45, 2.75) is 51.8 Å². The van der Waals surface area contributed by atoms with Crippen LogP contribution in [0.25, 0.3) is 22.3 Å². The van der Waals surface area contributed by atoms with Crippen LogP contribution in [0.2, 0.25) is 5.02 Å². The molecule has 3 heterocycles. The first kappa shape index (κ1) is 27.2. The van der Waals surface area contributed by atoms with Crippen LogP contribution in [0.4, 0.5) is 10.3 Å². The van der Waals surface area contributed by atoms with Crippen LogP contribution in [-0.4, -0.2) is 62.7 Å². The van der Waals surface area contributed by atoms with E-state index in [1.807, 2.05) is 13.8 Å². The summed E-state index contributed by atoms with van der Waals surface area (Å²) in [6.45, 7) is 7.36. The van der Waals surface area contributed by atoms with Crippen molar-refractivity contribution in [1.82, 2.24) is 23.8 Å². The monoisotopic (exact) mass is 549 g/mol. The molecule has 0 aliphatic carbocycles. The number of halogens is 2. The third kappa shape index (κ3) is 5.40. The largest absolute Gasteiger partial charge is 0.383 e. The van der Waals surface area contributed by atoms with Crippen LogP contribution in [0, 0.1) is 23.1 Å². The SMILES string of the molecule is CC(C)n1c(C(C)(C)O)nc2c(F)cc(-c3nc(N[C@@H]4CCN(S(C)(=O)=O)C[C@H]4C#N)ncc3Cl)cc21. The van der Waals surface area contributed by atoms with Crippen molar-refractivity contribution >= 4 is 38.6 Å². The van der Waals surface area contributed by atoms with E-state index in [-0.39, 0.29) is 47.4 Å². The number of aromatic nitrogens is 4. The second kappa shape index (κ2) is 9.79. The highest BCUT2D eigenvalue weighted by molar-refractivity contribution is 7.88. The maximum absolute atomic E-state index is 15.3. The molecule has 2 N–H and O–H groups in total. The van der Waals surface area contributed by atoms with Gasteiger partial charge < -0.3 is 15.0 Å². The van der Waals surface area contributed by atoms with Crippen molar-refractivity contribution < 1.29 is 17.9 Å². The number of hydrogen-bond donors (Lipinski definition) is 2. The first-order chi connectivity index (χ1) is 17.2. The average molecular weight is 550 g/mol. The van der Waals surface area contributed by atoms with Crippen LogP contribution in [-0.2, 0) is 15.6 Å². The Labute approximate surface area is 220 Å². The molecule has 1 aromatic carbocycles. The second-order valence-corrected chi connectivity index (χ2v) is 12.5. The topological polar surface area (TPSA) is 137 Å². The summed E-state index contributed by atoms with van der Waals surface area (Å²) in [4.78, 5) is 13.1. The molecule has 198 valence electrons. The Balaban J connectivity index is 1.72. The first-order valence-electron chi connectivity index (χ1n) is 11.8. The summed E-state index contributed by atoms with van der Waals surface area (Å²) < 4.78 is 42.1. The highest BCUT2D eigenvalue weighted by Crippen LogP contribution is 2.35. The Kier molecular flexibility index (Phi) is 7.20. The van der Waals surface area contributed by atoms with Gasteiger partial charge in [0.15, 0.2) is 5.82 Å². The van der Waals surface area contributed by atoms with E-state index < -0.39 is 27.4 Å². The Morgan fingerprint density at radius 3 is 2.62 bits per heavy atom. The summed E-state index contributed by atoms with van der Waals surface area (Å²) in [7, 11) is -3.41. The van der Waals surface area contributed by atoms with E-state index >= 15 is 4.39 Å². The molecule has 4 rings (SSSR count). The van der Waals surface area contributed by atoms with Crippen LogP contribution in [0.3, 0.4) is 0 Å². The molecule has 1 saturated heterocycles. The van der Waals surface area contributed by atoms with Gasteiger partial charge in [0.25, 0.3) is 0 Å². The summed E-state index contributed by atoms with van der Waals surface area (Å²) in [5, 5.41) is 23.6. The van der Waals surface area contributed by atoms with Gasteiger partial charge in [0.05, 0.1) is 40.7 Å². The fraction of sp³-hybridized carbons (Fsp3) is 0.500. The number of nitriles is 1. The molecule has 0 amide bonds. The lowest BCUT2D eigenvalue weighted by molar-refractivity contribution is 0.0641. The summed E-state index contributed by atoms with van der Waals surface area (Å²) in [6.07, 6.45) is 2.90. The average Bonchev–Trinajstić information content (AvgIpc) is 3.21. The van der Waals surface area contributed by atoms with Crippen molar-refractivity contribution in [3.63, 3.8) is 0 Å². The summed E-state index contributed by atoms with van der Waals surface area (Å²) in [6, 6.07) is 4.68. The van der Waals surface area contributed by atoms with Gasteiger partial charge in [-0.3, -0.25) is 0 Å². The summed E-state index contributed by atoms with van der Waals surface area (Å²) in [5.74, 6) is -0.667. The van der Waals surface area contributed by atoms with E-state index in [1.54, 1.807) is 24.5 Å². The molecule has 10 nitrogen and oxygen atoms in total. The molecule has 0 radical (unpaired) electrons. The molecule has 0 bridgehead atoms. The lowest BCUT2D eigenvalue weighted by Gasteiger charge is -2.34. The van der Waals surface area contributed by atoms with E-state index in [0.29, 0.717) is 23.3 Å². The number of rotatable bonds is 6. The lowest BCUT2D eigenvalue weighted by Crippen LogP contribution is -2.47. The fourth-order valence-electron chi connectivity index (χ4n) is 4.58. The Morgan fingerprint density at radius 2 is 2.03 bits per heavy atom. The predicted molar refractivity (Wildman–Crippen MR) is 139 cm³/mol. The third-order valence-corrected chi connectivity index (χ3v) is 7.90. The number of sulfonamides is 1. The number of nitrogens with one attached hydrogen (secondary N) is 1. The standard InChI is InChI=1S/C24H29ClFN7O3S/c1-13(2)33-19-9-14(8-17(26)21(19)30-22(33)24(3,4)34)20-16(25)11-28-23(31-20)29-18-6-7-32(37(5,35)36)12-15(18)10-27/h8-9,11,13,15,18,34H,6-7,12H2,1-5H3,(H,28,29,31)/t15-,18-/m1/s1. The Hall–Kier alpha value is -2.85. The zero-order chi connectivity index (χ0) is 27.3. The minimum Gasteiger partial charge on any atom is -0.383 e. The molecule has 1 aliphatic rings. The zero-order valence-corrected chi connectivity index (χ0v) is 22.8. The van der Waals surface area contributed by atoms with Gasteiger partial charge in [0.1, 0.15) is 16.9 Å². The van der Waals surface area contributed by atoms with E-state index in [4.69, 9.17) is 11.6 Å². The quantitative estimate of drug-likeness (QED) is 0.475. The van der Waals surface area contributed by atoms with Gasteiger partial charge in [-0.1, -0.05) is 11.6 Å². The van der Waals surface area contributed by atoms with Gasteiger partial charge in [-0.05, 0) is 46.2 Å². The Bertz CT molecular complexity index is 1490. The lowest BCUT2D eigenvalue weighted by atomic mass is 9.95. The number of fused-ring (bicyclic) bond motifs is 1. The smallest absolute Gasteiger partial charge is 0.223 e. The number of anilines is 1. The van der Waals surface area contributed by atoms with Crippen molar-refractivity contribution in [2.75, 3.05) is 24.7 Å². The number of piperidine rings is 1. The molecule has 1 aliphatic heterocycles. The molecular formula is C24H29ClFN7O3S. The molecule has 13 heteroatoms. The van der Waals surface area contributed by atoms with Crippen molar-refractivity contribution in [1.29, 1.82) is 5.26 Å². The summed E-state index contributed by atoms with van der Waals surface area (Å²) in [5.41, 5.74) is 0.0111. The normalized spacial score (nSPS) is 19.4. The van der Waals surface area contributed by atoms with Crippen molar-refractivity contribution in [3.05, 3.63) is 35.0 Å². The third-order valence-electron chi connectivity index (χ3n) is 6.35. The minimum absolute atomic E-state index is 0.0675. The van der Waals surface area contributed by atoms with Gasteiger partial charge in [-0.2, -0.15) is 5.26 Å². The number of imidazole rings is 1. The van der Waals surface area contributed by atoms with Gasteiger partial charge in [-0.15, -0.1) is 0 Å². The van der Waals surface area contributed by atoms with Crippen LogP contribution in [0.5, 0.6) is 0 Å². The maximum atomic E-state index is 15.3. The van der Waals surface area contributed by atoms with Crippen molar-refractivity contribution in [3.8, 4) is 17.3 Å². The predicted octanol–water partition coefficient (Wildman–Crippen LogP) is 3.68. The van der Waals surface area contributed by atoms with Crippen molar-refractivity contribution in [2.24, 2.45) is 5.92 Å². The van der Waals surface area contributed by atoms with Crippen LogP contribution >= 0.6 is 11.6 Å². The molecule has 1 fully saturated rings. The zero-order valence-electron chi connectivity index (χ0n) is 21.2. The Morgan fingerprint density at radius 1 is 1.32 bits per heavy atom. The van der Waals surface area contributed by atoms with Gasteiger partial charge in [0.2, 0.25) is 16.0 Å². The van der Waals surface area contributed by atoms with Gasteiger partial charge in [0, 0.05) is 30.7 Å². The fourth-order valence-corrected chi connectivity index (χ4v) is 5.64. The molecule has 2 atom stereocenters. The second-order valence-electron chi connectivity index (χ2n) is 10.1. The highest BCUT2D eigenvalue weighted by atomic mass is 35.5. The minimum atomic E-state index is -3.41. The molecule has 2 aromatic heterocycles. The molecule has 0 saturated carbocycles. The highest BCUT2D eigenvalue weighted by Gasteiger charge is 2.34. The van der Waals surface area contributed by atoms with Crippen LogP contribution < -0.4 is 5.32 Å². The molecule has 0 spiro atoms. The van der Waals surface area contributed by atoms with E-state index in [0.717, 1.165) is 6.26 Å². The molecule has 0 unspecified atom stereocenters. The van der Waals surface area contributed by atoms with E-state index in [1.165, 1.54) is 16.6 Å². The molecule has 37 heavy (non-hydrogen) atoms. The first-order valence-corrected chi connectivity index (χ1v) is 14.0. The van der Waals surface area contributed by atoms with Gasteiger partial charge >= 0.3 is 0 Å². The number of benzene rings is 1. The number of hydrogen-bond acceptors (Lipinski definition) is 8. The van der Waals surface area contributed by atoms with E-state index in [2.05, 4.69) is 26.3 Å². The van der Waals surface area contributed by atoms with Crippen LogP contribution in [0.15, 0.2) is 18.3 Å². The van der Waals surface area contributed by atoms with Gasteiger partial charge in [-0.25, -0.2) is 32.1 Å². The number of nitrogens with zero attached hydrogens (tertiary/aromatic N) is 6. The maximum Gasteiger partial charge on any atom is 0.223 e.